The molecule has 1 aliphatic rings. The number of amides is 2. The van der Waals surface area contributed by atoms with Gasteiger partial charge in [-0.1, -0.05) is 19.9 Å². The van der Waals surface area contributed by atoms with Crippen molar-refractivity contribution in [3.05, 3.63) is 45.8 Å². The minimum Gasteiger partial charge on any atom is -0.493 e. The molecule has 1 aromatic heterocycles. The lowest BCUT2D eigenvalue weighted by Gasteiger charge is -2.18. The van der Waals surface area contributed by atoms with E-state index in [0.29, 0.717) is 34.6 Å². The maximum Gasteiger partial charge on any atom is 0.251 e. The zero-order valence-electron chi connectivity index (χ0n) is 17.6. The van der Waals surface area contributed by atoms with Gasteiger partial charge in [-0.15, -0.1) is 11.3 Å². The molecule has 7 heteroatoms. The van der Waals surface area contributed by atoms with Crippen LogP contribution in [0.5, 0.6) is 11.5 Å². The number of carbonyl (C=O) groups excluding carboxylic acids is 2. The SMILES string of the molecule is CCCOc1ccc(C=CC(=O)Nc2sc3c(c2C(N)=O)CCC(C)C3)cc1OC. The lowest BCUT2D eigenvalue weighted by Crippen LogP contribution is -2.18. The van der Waals surface area contributed by atoms with Crippen molar-refractivity contribution in [3.8, 4) is 11.5 Å². The number of ether oxygens (including phenoxy) is 2. The summed E-state index contributed by atoms with van der Waals surface area (Å²) in [6, 6.07) is 5.50. The molecule has 1 atom stereocenters. The Morgan fingerprint density at radius 2 is 2.13 bits per heavy atom. The molecule has 0 saturated carbocycles. The highest BCUT2D eigenvalue weighted by atomic mass is 32.1. The summed E-state index contributed by atoms with van der Waals surface area (Å²) in [5.74, 6) is 1.05. The minimum atomic E-state index is -0.492. The number of hydrogen-bond acceptors (Lipinski definition) is 5. The fraction of sp³-hybridized carbons (Fsp3) is 0.391. The molecule has 0 fully saturated rings. The molecule has 1 aliphatic carbocycles. The number of carbonyl (C=O) groups is 2. The molecule has 6 nitrogen and oxygen atoms in total. The van der Waals surface area contributed by atoms with E-state index in [1.807, 2.05) is 25.1 Å². The maximum absolute atomic E-state index is 12.5. The van der Waals surface area contributed by atoms with Gasteiger partial charge in [-0.05, 0) is 60.9 Å². The molecule has 0 spiro atoms. The van der Waals surface area contributed by atoms with Crippen LogP contribution in [0.2, 0.25) is 0 Å². The number of methoxy groups -OCH3 is 1. The van der Waals surface area contributed by atoms with E-state index in [1.54, 1.807) is 13.2 Å². The van der Waals surface area contributed by atoms with E-state index in [1.165, 1.54) is 17.4 Å². The Labute approximate surface area is 181 Å². The van der Waals surface area contributed by atoms with Crippen LogP contribution in [0.3, 0.4) is 0 Å². The number of rotatable bonds is 8. The molecule has 0 saturated heterocycles. The second-order valence-electron chi connectivity index (χ2n) is 7.50. The smallest absolute Gasteiger partial charge is 0.251 e. The summed E-state index contributed by atoms with van der Waals surface area (Å²) in [7, 11) is 1.58. The van der Waals surface area contributed by atoms with Gasteiger partial charge in [-0.3, -0.25) is 9.59 Å². The second-order valence-corrected chi connectivity index (χ2v) is 8.61. The highest BCUT2D eigenvalue weighted by molar-refractivity contribution is 7.17. The second kappa shape index (κ2) is 9.80. The highest BCUT2D eigenvalue weighted by Gasteiger charge is 2.26. The van der Waals surface area contributed by atoms with Crippen LogP contribution in [0.25, 0.3) is 6.08 Å². The van der Waals surface area contributed by atoms with E-state index >= 15 is 0 Å². The highest BCUT2D eigenvalue weighted by Crippen LogP contribution is 2.39. The molecule has 160 valence electrons. The number of fused-ring (bicyclic) bond motifs is 1. The van der Waals surface area contributed by atoms with Gasteiger partial charge in [0, 0.05) is 11.0 Å². The third-order valence-electron chi connectivity index (χ3n) is 5.07. The fourth-order valence-corrected chi connectivity index (χ4v) is 4.96. The Hall–Kier alpha value is -2.80. The summed E-state index contributed by atoms with van der Waals surface area (Å²) in [4.78, 5) is 25.7. The van der Waals surface area contributed by atoms with Gasteiger partial charge in [-0.2, -0.15) is 0 Å². The minimum absolute atomic E-state index is 0.311. The standard InChI is InChI=1S/C23H28N2O4S/c1-4-11-29-17-9-6-15(13-18(17)28-3)7-10-20(26)25-23-21(22(24)27)16-8-5-14(2)12-19(16)30-23/h6-7,9-10,13-14H,4-5,8,11-12H2,1-3H3,(H2,24,27)(H,25,26). The third-order valence-corrected chi connectivity index (χ3v) is 6.24. The van der Waals surface area contributed by atoms with E-state index in [0.717, 1.165) is 41.7 Å². The predicted octanol–water partition coefficient (Wildman–Crippen LogP) is 4.42. The molecule has 1 unspecified atom stereocenters. The molecule has 1 aromatic carbocycles. The van der Waals surface area contributed by atoms with Crippen LogP contribution in [-0.2, 0) is 17.6 Å². The average Bonchev–Trinajstić information content (AvgIpc) is 3.07. The van der Waals surface area contributed by atoms with Crippen LogP contribution in [0.4, 0.5) is 5.00 Å². The molecule has 3 rings (SSSR count). The first-order valence-corrected chi connectivity index (χ1v) is 11.0. The van der Waals surface area contributed by atoms with E-state index in [4.69, 9.17) is 15.2 Å². The van der Waals surface area contributed by atoms with Crippen LogP contribution >= 0.6 is 11.3 Å². The van der Waals surface area contributed by atoms with Gasteiger partial charge in [0.1, 0.15) is 5.00 Å². The van der Waals surface area contributed by atoms with E-state index in [9.17, 15) is 9.59 Å². The van der Waals surface area contributed by atoms with Gasteiger partial charge in [0.15, 0.2) is 11.5 Å². The quantitative estimate of drug-likeness (QED) is 0.609. The fourth-order valence-electron chi connectivity index (χ4n) is 3.54. The summed E-state index contributed by atoms with van der Waals surface area (Å²) in [6.07, 6.45) is 6.80. The van der Waals surface area contributed by atoms with Gasteiger partial charge in [0.2, 0.25) is 5.91 Å². The summed E-state index contributed by atoms with van der Waals surface area (Å²) in [5.41, 5.74) is 7.88. The van der Waals surface area contributed by atoms with Gasteiger partial charge in [-0.25, -0.2) is 0 Å². The molecule has 0 radical (unpaired) electrons. The first-order valence-electron chi connectivity index (χ1n) is 10.2. The van der Waals surface area contributed by atoms with Crippen LogP contribution in [0.15, 0.2) is 24.3 Å². The molecular formula is C23H28N2O4S. The van der Waals surface area contributed by atoms with Crippen molar-refractivity contribution in [2.75, 3.05) is 19.0 Å². The van der Waals surface area contributed by atoms with Crippen LogP contribution in [-0.4, -0.2) is 25.5 Å². The van der Waals surface area contributed by atoms with Crippen molar-refractivity contribution >= 4 is 34.2 Å². The summed E-state index contributed by atoms with van der Waals surface area (Å²) < 4.78 is 11.0. The third kappa shape index (κ3) is 5.02. The van der Waals surface area contributed by atoms with Crippen LogP contribution in [0.1, 0.15) is 53.1 Å². The van der Waals surface area contributed by atoms with Crippen molar-refractivity contribution in [1.82, 2.24) is 0 Å². The largest absolute Gasteiger partial charge is 0.493 e. The molecule has 30 heavy (non-hydrogen) atoms. The number of nitrogens with one attached hydrogen (secondary N) is 1. The van der Waals surface area contributed by atoms with Crippen LogP contribution < -0.4 is 20.5 Å². The molecule has 0 aliphatic heterocycles. The van der Waals surface area contributed by atoms with Gasteiger partial charge < -0.3 is 20.5 Å². The lowest BCUT2D eigenvalue weighted by atomic mass is 9.88. The lowest BCUT2D eigenvalue weighted by molar-refractivity contribution is -0.111. The Morgan fingerprint density at radius 3 is 2.83 bits per heavy atom. The number of benzene rings is 1. The number of hydrogen-bond donors (Lipinski definition) is 2. The van der Waals surface area contributed by atoms with Gasteiger partial charge in [0.05, 0.1) is 19.3 Å². The predicted molar refractivity (Wildman–Crippen MR) is 120 cm³/mol. The van der Waals surface area contributed by atoms with Crippen molar-refractivity contribution in [3.63, 3.8) is 0 Å². The Kier molecular flexibility index (Phi) is 7.15. The van der Waals surface area contributed by atoms with Gasteiger partial charge >= 0.3 is 0 Å². The first kappa shape index (κ1) is 21.9. The maximum atomic E-state index is 12.5. The van der Waals surface area contributed by atoms with Crippen LogP contribution in [0, 0.1) is 5.92 Å². The molecule has 1 heterocycles. The number of primary amides is 1. The monoisotopic (exact) mass is 428 g/mol. The molecule has 2 aromatic rings. The number of nitrogens with two attached hydrogens (primary N) is 1. The summed E-state index contributed by atoms with van der Waals surface area (Å²) in [5, 5.41) is 3.38. The van der Waals surface area contributed by atoms with Crippen molar-refractivity contribution in [2.24, 2.45) is 11.7 Å². The first-order chi connectivity index (χ1) is 14.4. The van der Waals surface area contributed by atoms with Gasteiger partial charge in [0.25, 0.3) is 5.91 Å². The van der Waals surface area contributed by atoms with Crippen molar-refractivity contribution in [1.29, 1.82) is 0 Å². The zero-order valence-corrected chi connectivity index (χ0v) is 18.4. The average molecular weight is 429 g/mol. The van der Waals surface area contributed by atoms with E-state index in [-0.39, 0.29) is 5.91 Å². The molecule has 2 amide bonds. The summed E-state index contributed by atoms with van der Waals surface area (Å²) in [6.45, 7) is 4.84. The zero-order chi connectivity index (χ0) is 21.7. The van der Waals surface area contributed by atoms with Crippen molar-refractivity contribution in [2.45, 2.75) is 39.5 Å². The number of anilines is 1. The Morgan fingerprint density at radius 1 is 1.33 bits per heavy atom. The van der Waals surface area contributed by atoms with Crippen molar-refractivity contribution < 1.29 is 19.1 Å². The Balaban J connectivity index is 1.74. The van der Waals surface area contributed by atoms with E-state index < -0.39 is 5.91 Å². The molecule has 0 bridgehead atoms. The van der Waals surface area contributed by atoms with E-state index in [2.05, 4.69) is 12.2 Å². The normalized spacial score (nSPS) is 15.6. The number of thiophene rings is 1. The Bertz CT molecular complexity index is 964. The summed E-state index contributed by atoms with van der Waals surface area (Å²) >= 11 is 1.46. The molecular weight excluding hydrogens is 400 g/mol. The topological polar surface area (TPSA) is 90.6 Å². The molecule has 3 N–H and O–H groups in total.